The monoisotopic (exact) mass is 382 g/mol. The summed E-state index contributed by atoms with van der Waals surface area (Å²) < 4.78 is 11.1. The summed E-state index contributed by atoms with van der Waals surface area (Å²) in [6.07, 6.45) is 2.84. The van der Waals surface area contributed by atoms with E-state index in [4.69, 9.17) is 9.47 Å². The number of thiophene rings is 1. The van der Waals surface area contributed by atoms with Gasteiger partial charge in [0.2, 0.25) is 0 Å². The standard InChI is InChI=1S/C22H26N2O2S/c1-4-26-22-12-17(6-8-21(22)25-3)14-24-20(11-18-9-10-27-15-18)19-7-5-16(2)13-23-19/h5-10,12-13,15,20,24H,4,11,14H2,1-3H3. The summed E-state index contributed by atoms with van der Waals surface area (Å²) in [6, 6.07) is 12.6. The molecule has 1 unspecified atom stereocenters. The lowest BCUT2D eigenvalue weighted by Gasteiger charge is -2.19. The van der Waals surface area contributed by atoms with Gasteiger partial charge in [0.25, 0.3) is 0 Å². The van der Waals surface area contributed by atoms with Crippen LogP contribution in [-0.4, -0.2) is 18.7 Å². The van der Waals surface area contributed by atoms with Crippen LogP contribution in [0.1, 0.15) is 35.3 Å². The normalized spacial score (nSPS) is 12.0. The van der Waals surface area contributed by atoms with Crippen LogP contribution in [0.3, 0.4) is 0 Å². The Labute approximate surface area is 165 Å². The zero-order chi connectivity index (χ0) is 19.1. The first-order valence-electron chi connectivity index (χ1n) is 9.16. The molecular weight excluding hydrogens is 356 g/mol. The summed E-state index contributed by atoms with van der Waals surface area (Å²) in [7, 11) is 1.66. The predicted molar refractivity (Wildman–Crippen MR) is 111 cm³/mol. The van der Waals surface area contributed by atoms with Crippen LogP contribution in [0, 0.1) is 6.92 Å². The minimum absolute atomic E-state index is 0.151. The minimum Gasteiger partial charge on any atom is -0.493 e. The van der Waals surface area contributed by atoms with Gasteiger partial charge in [-0.2, -0.15) is 11.3 Å². The van der Waals surface area contributed by atoms with E-state index in [-0.39, 0.29) is 6.04 Å². The molecule has 5 heteroatoms. The number of nitrogens with one attached hydrogen (secondary N) is 1. The maximum atomic E-state index is 5.69. The third-order valence-corrected chi connectivity index (χ3v) is 5.12. The highest BCUT2D eigenvalue weighted by Gasteiger charge is 2.14. The molecule has 0 saturated carbocycles. The molecule has 1 atom stereocenters. The van der Waals surface area contributed by atoms with Crippen LogP contribution in [0.15, 0.2) is 53.4 Å². The smallest absolute Gasteiger partial charge is 0.161 e. The molecule has 0 saturated heterocycles. The van der Waals surface area contributed by atoms with Crippen molar-refractivity contribution in [2.75, 3.05) is 13.7 Å². The molecule has 0 amide bonds. The zero-order valence-corrected chi connectivity index (χ0v) is 16.9. The van der Waals surface area contributed by atoms with E-state index in [0.29, 0.717) is 6.61 Å². The van der Waals surface area contributed by atoms with E-state index in [2.05, 4.69) is 52.3 Å². The number of ether oxygens (including phenoxy) is 2. The molecule has 0 aliphatic heterocycles. The third kappa shape index (κ3) is 5.31. The maximum Gasteiger partial charge on any atom is 0.161 e. The van der Waals surface area contributed by atoms with Crippen LogP contribution >= 0.6 is 11.3 Å². The van der Waals surface area contributed by atoms with E-state index in [1.807, 2.05) is 25.3 Å². The summed E-state index contributed by atoms with van der Waals surface area (Å²) in [4.78, 5) is 4.64. The number of hydrogen-bond acceptors (Lipinski definition) is 5. The van der Waals surface area contributed by atoms with Crippen molar-refractivity contribution in [2.45, 2.75) is 32.9 Å². The summed E-state index contributed by atoms with van der Waals surface area (Å²) in [5.41, 5.74) is 4.71. The molecule has 142 valence electrons. The Morgan fingerprint density at radius 1 is 1.11 bits per heavy atom. The van der Waals surface area contributed by atoms with Gasteiger partial charge in [-0.3, -0.25) is 4.98 Å². The first-order chi connectivity index (χ1) is 13.2. The number of benzene rings is 1. The van der Waals surface area contributed by atoms with Crippen LogP contribution in [0.4, 0.5) is 0 Å². The second kappa shape index (κ2) is 9.53. The molecule has 0 radical (unpaired) electrons. The molecule has 1 N–H and O–H groups in total. The van der Waals surface area contributed by atoms with Gasteiger partial charge in [0.1, 0.15) is 0 Å². The molecule has 0 aliphatic carbocycles. The highest BCUT2D eigenvalue weighted by molar-refractivity contribution is 7.07. The van der Waals surface area contributed by atoms with Crippen molar-refractivity contribution in [3.05, 3.63) is 75.7 Å². The van der Waals surface area contributed by atoms with Crippen molar-refractivity contribution in [1.29, 1.82) is 0 Å². The molecule has 2 aromatic heterocycles. The molecular formula is C22H26N2O2S. The number of aryl methyl sites for hydroxylation is 1. The van der Waals surface area contributed by atoms with Gasteiger partial charge in [-0.15, -0.1) is 0 Å². The van der Waals surface area contributed by atoms with E-state index in [9.17, 15) is 0 Å². The Hall–Kier alpha value is -2.37. The van der Waals surface area contributed by atoms with Gasteiger partial charge in [0.15, 0.2) is 11.5 Å². The van der Waals surface area contributed by atoms with Crippen LogP contribution in [0.25, 0.3) is 0 Å². The van der Waals surface area contributed by atoms with Gasteiger partial charge in [0.05, 0.1) is 25.5 Å². The fraction of sp³-hybridized carbons (Fsp3) is 0.318. The van der Waals surface area contributed by atoms with Crippen LogP contribution < -0.4 is 14.8 Å². The SMILES string of the molecule is CCOc1cc(CNC(Cc2ccsc2)c2ccc(C)cn2)ccc1OC. The highest BCUT2D eigenvalue weighted by Crippen LogP contribution is 2.28. The molecule has 0 spiro atoms. The Kier molecular flexibility index (Phi) is 6.85. The Bertz CT molecular complexity index is 832. The molecule has 2 heterocycles. The second-order valence-corrected chi connectivity index (χ2v) is 7.23. The van der Waals surface area contributed by atoms with Crippen molar-refractivity contribution >= 4 is 11.3 Å². The molecule has 1 aromatic carbocycles. The molecule has 0 bridgehead atoms. The summed E-state index contributed by atoms with van der Waals surface area (Å²) in [6.45, 7) is 5.38. The van der Waals surface area contributed by atoms with E-state index < -0.39 is 0 Å². The molecule has 3 aromatic rings. The van der Waals surface area contributed by atoms with Crippen LogP contribution in [-0.2, 0) is 13.0 Å². The van der Waals surface area contributed by atoms with Crippen molar-refractivity contribution < 1.29 is 9.47 Å². The van der Waals surface area contributed by atoms with Crippen molar-refractivity contribution in [3.8, 4) is 11.5 Å². The van der Waals surface area contributed by atoms with Crippen molar-refractivity contribution in [1.82, 2.24) is 10.3 Å². The van der Waals surface area contributed by atoms with Gasteiger partial charge < -0.3 is 14.8 Å². The maximum absolute atomic E-state index is 5.69. The Morgan fingerprint density at radius 2 is 2.00 bits per heavy atom. The van der Waals surface area contributed by atoms with E-state index in [0.717, 1.165) is 35.7 Å². The average Bonchev–Trinajstić information content (AvgIpc) is 3.19. The lowest BCUT2D eigenvalue weighted by molar-refractivity contribution is 0.310. The van der Waals surface area contributed by atoms with E-state index in [1.165, 1.54) is 11.1 Å². The van der Waals surface area contributed by atoms with Crippen LogP contribution in [0.2, 0.25) is 0 Å². The lowest BCUT2D eigenvalue weighted by atomic mass is 10.0. The predicted octanol–water partition coefficient (Wildman–Crippen LogP) is 4.93. The quantitative estimate of drug-likeness (QED) is 0.570. The number of methoxy groups -OCH3 is 1. The first kappa shape index (κ1) is 19.4. The minimum atomic E-state index is 0.151. The number of rotatable bonds is 9. The van der Waals surface area contributed by atoms with Gasteiger partial charge >= 0.3 is 0 Å². The molecule has 0 fully saturated rings. The van der Waals surface area contributed by atoms with Gasteiger partial charge in [-0.25, -0.2) is 0 Å². The molecule has 3 rings (SSSR count). The fourth-order valence-corrected chi connectivity index (χ4v) is 3.63. The van der Waals surface area contributed by atoms with Crippen LogP contribution in [0.5, 0.6) is 11.5 Å². The number of hydrogen-bond donors (Lipinski definition) is 1. The molecule has 27 heavy (non-hydrogen) atoms. The van der Waals surface area contributed by atoms with Crippen molar-refractivity contribution in [2.24, 2.45) is 0 Å². The molecule has 4 nitrogen and oxygen atoms in total. The number of nitrogens with zero attached hydrogens (tertiary/aromatic N) is 1. The third-order valence-electron chi connectivity index (χ3n) is 4.39. The summed E-state index contributed by atoms with van der Waals surface area (Å²) in [5.74, 6) is 1.54. The van der Waals surface area contributed by atoms with Gasteiger partial charge in [0, 0.05) is 12.7 Å². The van der Waals surface area contributed by atoms with Crippen molar-refractivity contribution in [3.63, 3.8) is 0 Å². The van der Waals surface area contributed by atoms with E-state index in [1.54, 1.807) is 18.4 Å². The zero-order valence-electron chi connectivity index (χ0n) is 16.1. The van der Waals surface area contributed by atoms with E-state index >= 15 is 0 Å². The largest absolute Gasteiger partial charge is 0.493 e. The topological polar surface area (TPSA) is 43.4 Å². The second-order valence-electron chi connectivity index (χ2n) is 6.45. The highest BCUT2D eigenvalue weighted by atomic mass is 32.1. The number of pyridine rings is 1. The fourth-order valence-electron chi connectivity index (χ4n) is 2.95. The summed E-state index contributed by atoms with van der Waals surface area (Å²) >= 11 is 1.73. The van der Waals surface area contributed by atoms with Gasteiger partial charge in [-0.1, -0.05) is 12.1 Å². The van der Waals surface area contributed by atoms with Gasteiger partial charge in [-0.05, 0) is 72.0 Å². The number of aromatic nitrogens is 1. The Morgan fingerprint density at radius 3 is 2.67 bits per heavy atom. The summed E-state index contributed by atoms with van der Waals surface area (Å²) in [5, 5.41) is 7.98. The first-order valence-corrected chi connectivity index (χ1v) is 10.1. The average molecular weight is 383 g/mol. The Balaban J connectivity index is 1.76. The lowest BCUT2D eigenvalue weighted by Crippen LogP contribution is -2.23. The molecule has 0 aliphatic rings.